The second-order valence-corrected chi connectivity index (χ2v) is 6.44. The van der Waals surface area contributed by atoms with Crippen LogP contribution in [-0.2, 0) is 6.54 Å². The lowest BCUT2D eigenvalue weighted by Gasteiger charge is -2.21. The second-order valence-electron chi connectivity index (χ2n) is 6.44. The van der Waals surface area contributed by atoms with Crippen LogP contribution in [0.3, 0.4) is 0 Å². The molecule has 1 aliphatic heterocycles. The van der Waals surface area contributed by atoms with Gasteiger partial charge in [0.15, 0.2) is 17.3 Å². The fourth-order valence-corrected chi connectivity index (χ4v) is 3.41. The maximum absolute atomic E-state index is 5.44. The fourth-order valence-electron chi connectivity index (χ4n) is 3.41. The molecule has 0 spiro atoms. The Morgan fingerprint density at radius 2 is 2.13 bits per heavy atom. The maximum Gasteiger partial charge on any atom is 0.240 e. The molecule has 3 aromatic rings. The largest absolute Gasteiger partial charge is 0.338 e. The lowest BCUT2D eigenvalue weighted by Crippen LogP contribution is -2.24. The smallest absolute Gasteiger partial charge is 0.240 e. The number of fused-ring (bicyclic) bond motifs is 1. The third-order valence-electron chi connectivity index (χ3n) is 4.77. The van der Waals surface area contributed by atoms with Crippen molar-refractivity contribution >= 4 is 5.65 Å². The Kier molecular flexibility index (Phi) is 2.94. The summed E-state index contributed by atoms with van der Waals surface area (Å²) >= 11 is 0. The minimum Gasteiger partial charge on any atom is -0.338 e. The van der Waals surface area contributed by atoms with Crippen LogP contribution in [0.1, 0.15) is 55.2 Å². The van der Waals surface area contributed by atoms with Crippen LogP contribution in [-0.4, -0.2) is 36.2 Å². The van der Waals surface area contributed by atoms with Crippen molar-refractivity contribution in [2.75, 3.05) is 6.54 Å². The molecule has 0 aromatic carbocycles. The van der Waals surface area contributed by atoms with E-state index in [4.69, 9.17) is 4.52 Å². The van der Waals surface area contributed by atoms with Gasteiger partial charge in [-0.3, -0.25) is 9.30 Å². The van der Waals surface area contributed by atoms with Crippen molar-refractivity contribution in [3.05, 3.63) is 41.9 Å². The number of aromatic nitrogens is 5. The van der Waals surface area contributed by atoms with Crippen molar-refractivity contribution in [1.29, 1.82) is 0 Å². The Balaban J connectivity index is 1.41. The molecule has 3 aromatic heterocycles. The van der Waals surface area contributed by atoms with E-state index in [2.05, 4.69) is 29.6 Å². The number of hydrogen-bond acceptors (Lipinski definition) is 6. The summed E-state index contributed by atoms with van der Waals surface area (Å²) in [6, 6.07) is 6.23. The molecular formula is C16H18N6O. The van der Waals surface area contributed by atoms with Gasteiger partial charge in [0.2, 0.25) is 5.89 Å². The molecule has 1 unspecified atom stereocenters. The van der Waals surface area contributed by atoms with Gasteiger partial charge in [-0.15, -0.1) is 10.2 Å². The molecule has 1 saturated carbocycles. The van der Waals surface area contributed by atoms with Gasteiger partial charge in [0.05, 0.1) is 12.6 Å². The Hall–Kier alpha value is -2.28. The average molecular weight is 310 g/mol. The summed E-state index contributed by atoms with van der Waals surface area (Å²) in [5.41, 5.74) is 0.892. The molecule has 0 bridgehead atoms. The predicted molar refractivity (Wildman–Crippen MR) is 81.6 cm³/mol. The Labute approximate surface area is 133 Å². The van der Waals surface area contributed by atoms with Gasteiger partial charge in [-0.2, -0.15) is 4.98 Å². The molecule has 1 saturated heterocycles. The van der Waals surface area contributed by atoms with E-state index >= 15 is 0 Å². The number of rotatable bonds is 4. The average Bonchev–Trinajstić information content (AvgIpc) is 2.99. The summed E-state index contributed by atoms with van der Waals surface area (Å²) < 4.78 is 7.51. The van der Waals surface area contributed by atoms with Crippen LogP contribution in [0.2, 0.25) is 0 Å². The van der Waals surface area contributed by atoms with Crippen LogP contribution in [0.5, 0.6) is 0 Å². The SMILES string of the molecule is c1ccn2c(C3CCCN3Cc3nc(C4CC4)no3)nnc2c1. The third-order valence-corrected chi connectivity index (χ3v) is 4.77. The normalized spacial score (nSPS) is 22.2. The standard InChI is InChI=1S/C16H18N6O/c1-2-9-22-13(5-1)18-19-16(22)12-4-3-8-21(12)10-14-17-15(20-23-14)11-6-7-11/h1-2,5,9,11-12H,3-4,6-8,10H2. The first-order chi connectivity index (χ1) is 11.4. The Morgan fingerprint density at radius 1 is 1.17 bits per heavy atom. The maximum atomic E-state index is 5.44. The fraction of sp³-hybridized carbons (Fsp3) is 0.500. The van der Waals surface area contributed by atoms with Crippen molar-refractivity contribution in [3.8, 4) is 0 Å². The van der Waals surface area contributed by atoms with Gasteiger partial charge in [0, 0.05) is 12.1 Å². The van der Waals surface area contributed by atoms with Gasteiger partial charge < -0.3 is 4.52 Å². The molecule has 118 valence electrons. The summed E-state index contributed by atoms with van der Waals surface area (Å²) in [7, 11) is 0. The van der Waals surface area contributed by atoms with Gasteiger partial charge in [-0.25, -0.2) is 0 Å². The summed E-state index contributed by atoms with van der Waals surface area (Å²) in [5.74, 6) is 3.12. The number of nitrogens with zero attached hydrogens (tertiary/aromatic N) is 6. The monoisotopic (exact) mass is 310 g/mol. The van der Waals surface area contributed by atoms with Crippen molar-refractivity contribution < 1.29 is 4.52 Å². The van der Waals surface area contributed by atoms with Crippen molar-refractivity contribution in [2.45, 2.75) is 44.2 Å². The molecule has 1 atom stereocenters. The van der Waals surface area contributed by atoms with Crippen LogP contribution in [0, 0.1) is 0 Å². The quantitative estimate of drug-likeness (QED) is 0.736. The third kappa shape index (κ3) is 2.31. The number of pyridine rings is 1. The highest BCUT2D eigenvalue weighted by Crippen LogP contribution is 2.38. The van der Waals surface area contributed by atoms with Gasteiger partial charge in [-0.05, 0) is 44.4 Å². The number of likely N-dealkylation sites (tertiary alicyclic amines) is 1. The van der Waals surface area contributed by atoms with Gasteiger partial charge in [-0.1, -0.05) is 11.2 Å². The summed E-state index contributed by atoms with van der Waals surface area (Å²) in [6.45, 7) is 1.71. The summed E-state index contributed by atoms with van der Waals surface area (Å²) in [6.07, 6.45) is 6.64. The van der Waals surface area contributed by atoms with Crippen molar-refractivity contribution in [3.63, 3.8) is 0 Å². The van der Waals surface area contributed by atoms with E-state index in [1.807, 2.05) is 24.4 Å². The molecular weight excluding hydrogens is 292 g/mol. The lowest BCUT2D eigenvalue weighted by atomic mass is 10.2. The van der Waals surface area contributed by atoms with Crippen LogP contribution in [0.15, 0.2) is 28.9 Å². The Bertz CT molecular complexity index is 836. The first-order valence-electron chi connectivity index (χ1n) is 8.25. The van der Waals surface area contributed by atoms with Gasteiger partial charge >= 0.3 is 0 Å². The van der Waals surface area contributed by atoms with Gasteiger partial charge in [0.1, 0.15) is 0 Å². The minimum absolute atomic E-state index is 0.253. The topological polar surface area (TPSA) is 72.3 Å². The van der Waals surface area contributed by atoms with Crippen LogP contribution in [0.4, 0.5) is 0 Å². The minimum atomic E-state index is 0.253. The molecule has 7 nitrogen and oxygen atoms in total. The molecule has 0 radical (unpaired) electrons. The first-order valence-corrected chi connectivity index (χ1v) is 8.25. The first kappa shape index (κ1) is 13.2. The van der Waals surface area contributed by atoms with Crippen molar-refractivity contribution in [2.24, 2.45) is 0 Å². The zero-order valence-corrected chi connectivity index (χ0v) is 12.8. The summed E-state index contributed by atoms with van der Waals surface area (Å²) in [4.78, 5) is 6.92. The van der Waals surface area contributed by atoms with Crippen LogP contribution < -0.4 is 0 Å². The molecule has 2 aliphatic rings. The number of hydrogen-bond donors (Lipinski definition) is 0. The van der Waals surface area contributed by atoms with E-state index < -0.39 is 0 Å². The lowest BCUT2D eigenvalue weighted by molar-refractivity contribution is 0.205. The second kappa shape index (κ2) is 5.13. The molecule has 0 amide bonds. The molecule has 23 heavy (non-hydrogen) atoms. The molecule has 7 heteroatoms. The van der Waals surface area contributed by atoms with E-state index in [9.17, 15) is 0 Å². The zero-order valence-electron chi connectivity index (χ0n) is 12.8. The molecule has 1 aliphatic carbocycles. The van der Waals surface area contributed by atoms with E-state index in [0.29, 0.717) is 18.4 Å². The highest BCUT2D eigenvalue weighted by Gasteiger charge is 2.32. The highest BCUT2D eigenvalue weighted by atomic mass is 16.5. The van der Waals surface area contributed by atoms with E-state index in [1.54, 1.807) is 0 Å². The highest BCUT2D eigenvalue weighted by molar-refractivity contribution is 5.37. The van der Waals surface area contributed by atoms with Crippen molar-refractivity contribution in [1.82, 2.24) is 29.6 Å². The Morgan fingerprint density at radius 3 is 3.04 bits per heavy atom. The van der Waals surface area contributed by atoms with Crippen LogP contribution >= 0.6 is 0 Å². The molecule has 5 rings (SSSR count). The van der Waals surface area contributed by atoms with Crippen LogP contribution in [0.25, 0.3) is 5.65 Å². The van der Waals surface area contributed by atoms with Gasteiger partial charge in [0.25, 0.3) is 0 Å². The molecule has 4 heterocycles. The van der Waals surface area contributed by atoms with E-state index in [1.165, 1.54) is 12.8 Å². The predicted octanol–water partition coefficient (Wildman–Crippen LogP) is 2.33. The summed E-state index contributed by atoms with van der Waals surface area (Å²) in [5, 5.41) is 12.8. The zero-order chi connectivity index (χ0) is 15.2. The molecule has 0 N–H and O–H groups in total. The molecule has 2 fully saturated rings. The van der Waals surface area contributed by atoms with E-state index in [-0.39, 0.29) is 6.04 Å². The van der Waals surface area contributed by atoms with E-state index in [0.717, 1.165) is 36.7 Å².